The summed E-state index contributed by atoms with van der Waals surface area (Å²) >= 11 is 3.50. The van der Waals surface area contributed by atoms with Crippen LogP contribution in [-0.2, 0) is 6.42 Å². The van der Waals surface area contributed by atoms with Gasteiger partial charge < -0.3 is 10.1 Å². The van der Waals surface area contributed by atoms with Crippen molar-refractivity contribution in [3.8, 4) is 5.75 Å². The molecule has 0 amide bonds. The molecule has 0 saturated carbocycles. The highest BCUT2D eigenvalue weighted by molar-refractivity contribution is 9.10. The molecule has 18 heavy (non-hydrogen) atoms. The first kappa shape index (κ1) is 13.9. The van der Waals surface area contributed by atoms with Gasteiger partial charge in [-0.2, -0.15) is 0 Å². The molecule has 1 N–H and O–H groups in total. The fourth-order valence-electron chi connectivity index (χ4n) is 2.47. The molecule has 1 heterocycles. The lowest BCUT2D eigenvalue weighted by Crippen LogP contribution is -2.30. The molecule has 1 aromatic carbocycles. The summed E-state index contributed by atoms with van der Waals surface area (Å²) in [6.45, 7) is 5.34. The van der Waals surface area contributed by atoms with Gasteiger partial charge in [-0.15, -0.1) is 0 Å². The Kier molecular flexibility index (Phi) is 5.51. The minimum absolute atomic E-state index is 0.791. The van der Waals surface area contributed by atoms with E-state index in [9.17, 15) is 0 Å². The second kappa shape index (κ2) is 7.15. The van der Waals surface area contributed by atoms with E-state index in [0.717, 1.165) is 42.1 Å². The van der Waals surface area contributed by atoms with E-state index in [1.54, 1.807) is 0 Å². The van der Waals surface area contributed by atoms with E-state index in [1.807, 2.05) is 0 Å². The van der Waals surface area contributed by atoms with Crippen molar-refractivity contribution >= 4 is 15.9 Å². The molecule has 2 rings (SSSR count). The second-order valence-electron chi connectivity index (χ2n) is 4.96. The van der Waals surface area contributed by atoms with Crippen LogP contribution in [0.1, 0.15) is 31.7 Å². The van der Waals surface area contributed by atoms with Gasteiger partial charge in [-0.25, -0.2) is 0 Å². The van der Waals surface area contributed by atoms with Gasteiger partial charge >= 0.3 is 0 Å². The van der Waals surface area contributed by atoms with E-state index in [-0.39, 0.29) is 0 Å². The molecule has 0 unspecified atom stereocenters. The molecule has 1 aliphatic rings. The molecule has 0 bridgehead atoms. The van der Waals surface area contributed by atoms with Crippen molar-refractivity contribution in [2.75, 3.05) is 19.7 Å². The molecule has 1 fully saturated rings. The lowest BCUT2D eigenvalue weighted by molar-refractivity contribution is 0.252. The molecule has 0 radical (unpaired) electrons. The van der Waals surface area contributed by atoms with Gasteiger partial charge in [-0.1, -0.05) is 22.9 Å². The number of aryl methyl sites for hydroxylation is 1. The van der Waals surface area contributed by atoms with Crippen molar-refractivity contribution in [2.45, 2.75) is 32.6 Å². The Morgan fingerprint density at radius 3 is 3.06 bits per heavy atom. The van der Waals surface area contributed by atoms with Crippen LogP contribution in [0.5, 0.6) is 5.75 Å². The Morgan fingerprint density at radius 1 is 1.44 bits per heavy atom. The maximum absolute atomic E-state index is 5.94. The number of ether oxygens (including phenoxy) is 1. The fraction of sp³-hybridized carbons (Fsp3) is 0.600. The lowest BCUT2D eigenvalue weighted by atomic mass is 9.97. The number of hydrogen-bond donors (Lipinski definition) is 1. The molecular weight excluding hydrogens is 290 g/mol. The van der Waals surface area contributed by atoms with Crippen LogP contribution >= 0.6 is 15.9 Å². The highest BCUT2D eigenvalue weighted by Crippen LogP contribution is 2.24. The average Bonchev–Trinajstić information content (AvgIpc) is 2.41. The van der Waals surface area contributed by atoms with Crippen molar-refractivity contribution in [1.82, 2.24) is 5.32 Å². The summed E-state index contributed by atoms with van der Waals surface area (Å²) in [5, 5.41) is 3.45. The normalized spacial score (nSPS) is 19.8. The number of nitrogens with one attached hydrogen (secondary N) is 1. The maximum atomic E-state index is 5.94. The summed E-state index contributed by atoms with van der Waals surface area (Å²) in [4.78, 5) is 0. The highest BCUT2D eigenvalue weighted by atomic mass is 79.9. The van der Waals surface area contributed by atoms with E-state index in [0.29, 0.717) is 0 Å². The Bertz CT molecular complexity index is 375. The molecule has 0 spiro atoms. The Labute approximate surface area is 118 Å². The number of piperidine rings is 1. The van der Waals surface area contributed by atoms with Crippen molar-refractivity contribution in [2.24, 2.45) is 5.92 Å². The first-order valence-corrected chi connectivity index (χ1v) is 7.71. The van der Waals surface area contributed by atoms with Crippen molar-refractivity contribution < 1.29 is 4.74 Å². The van der Waals surface area contributed by atoms with Gasteiger partial charge in [0.05, 0.1) is 6.61 Å². The topological polar surface area (TPSA) is 21.3 Å². The summed E-state index contributed by atoms with van der Waals surface area (Å²) in [6.07, 6.45) is 4.83. The molecule has 2 nitrogen and oxygen atoms in total. The summed E-state index contributed by atoms with van der Waals surface area (Å²) in [6, 6.07) is 6.27. The van der Waals surface area contributed by atoms with Crippen molar-refractivity contribution in [1.29, 1.82) is 0 Å². The van der Waals surface area contributed by atoms with Gasteiger partial charge in [0.1, 0.15) is 5.75 Å². The second-order valence-corrected chi connectivity index (χ2v) is 5.87. The van der Waals surface area contributed by atoms with Gasteiger partial charge in [0.25, 0.3) is 0 Å². The molecular formula is C15H22BrNO. The van der Waals surface area contributed by atoms with Crippen LogP contribution in [0.15, 0.2) is 22.7 Å². The molecule has 1 saturated heterocycles. The van der Waals surface area contributed by atoms with Gasteiger partial charge in [0, 0.05) is 4.47 Å². The summed E-state index contributed by atoms with van der Waals surface area (Å²) in [5.74, 6) is 1.84. The van der Waals surface area contributed by atoms with Gasteiger partial charge in [-0.05, 0) is 68.5 Å². The fourth-order valence-corrected chi connectivity index (χ4v) is 2.88. The zero-order valence-electron chi connectivity index (χ0n) is 11.0. The van der Waals surface area contributed by atoms with Crippen LogP contribution in [0.25, 0.3) is 0 Å². The molecule has 1 aromatic rings. The van der Waals surface area contributed by atoms with E-state index in [2.05, 4.69) is 46.4 Å². The number of benzene rings is 1. The third-order valence-electron chi connectivity index (χ3n) is 3.59. The van der Waals surface area contributed by atoms with Crippen LogP contribution in [0.4, 0.5) is 0 Å². The molecule has 0 aliphatic carbocycles. The maximum Gasteiger partial charge on any atom is 0.122 e. The predicted molar refractivity (Wildman–Crippen MR) is 79.2 cm³/mol. The largest absolute Gasteiger partial charge is 0.493 e. The minimum Gasteiger partial charge on any atom is -0.493 e. The molecule has 100 valence electrons. The molecule has 1 aliphatic heterocycles. The Hall–Kier alpha value is -0.540. The lowest BCUT2D eigenvalue weighted by Gasteiger charge is -2.22. The van der Waals surface area contributed by atoms with Crippen LogP contribution in [0.3, 0.4) is 0 Å². The van der Waals surface area contributed by atoms with E-state index in [4.69, 9.17) is 4.74 Å². The van der Waals surface area contributed by atoms with E-state index in [1.165, 1.54) is 24.9 Å². The number of hydrogen-bond acceptors (Lipinski definition) is 2. The Morgan fingerprint density at radius 2 is 2.33 bits per heavy atom. The van der Waals surface area contributed by atoms with Crippen LogP contribution in [-0.4, -0.2) is 19.7 Å². The zero-order chi connectivity index (χ0) is 12.8. The van der Waals surface area contributed by atoms with Crippen LogP contribution < -0.4 is 10.1 Å². The summed E-state index contributed by atoms with van der Waals surface area (Å²) in [7, 11) is 0. The standard InChI is InChI=1S/C15H22BrNO/c1-2-13-10-14(16)5-6-15(13)18-9-7-12-4-3-8-17-11-12/h5-6,10,12,17H,2-4,7-9,11H2,1H3/t12-/m0/s1. The molecule has 0 aromatic heterocycles. The van der Waals surface area contributed by atoms with Crippen LogP contribution in [0, 0.1) is 5.92 Å². The van der Waals surface area contributed by atoms with Gasteiger partial charge in [0.15, 0.2) is 0 Å². The van der Waals surface area contributed by atoms with E-state index >= 15 is 0 Å². The SMILES string of the molecule is CCc1cc(Br)ccc1OCC[C@@H]1CCCNC1. The quantitative estimate of drug-likeness (QED) is 0.893. The zero-order valence-corrected chi connectivity index (χ0v) is 12.6. The predicted octanol–water partition coefficient (Wildman–Crippen LogP) is 3.78. The smallest absolute Gasteiger partial charge is 0.122 e. The number of halogens is 1. The third kappa shape index (κ3) is 3.99. The van der Waals surface area contributed by atoms with Crippen LogP contribution in [0.2, 0.25) is 0 Å². The van der Waals surface area contributed by atoms with Gasteiger partial charge in [-0.3, -0.25) is 0 Å². The summed E-state index contributed by atoms with van der Waals surface area (Å²) in [5.41, 5.74) is 1.28. The summed E-state index contributed by atoms with van der Waals surface area (Å²) < 4.78 is 7.07. The highest BCUT2D eigenvalue weighted by Gasteiger charge is 2.13. The first-order chi connectivity index (χ1) is 8.79. The van der Waals surface area contributed by atoms with Gasteiger partial charge in [0.2, 0.25) is 0 Å². The first-order valence-electron chi connectivity index (χ1n) is 6.91. The van der Waals surface area contributed by atoms with Crippen molar-refractivity contribution in [3.63, 3.8) is 0 Å². The molecule has 3 heteroatoms. The van der Waals surface area contributed by atoms with Crippen molar-refractivity contribution in [3.05, 3.63) is 28.2 Å². The minimum atomic E-state index is 0.791. The molecule has 1 atom stereocenters. The third-order valence-corrected chi connectivity index (χ3v) is 4.08. The number of rotatable bonds is 5. The van der Waals surface area contributed by atoms with E-state index < -0.39 is 0 Å². The monoisotopic (exact) mass is 311 g/mol. The Balaban J connectivity index is 1.82. The average molecular weight is 312 g/mol.